The number of methoxy groups -OCH3 is 2. The van der Waals surface area contributed by atoms with E-state index >= 15 is 0 Å². The normalized spacial score (nSPS) is 16.2. The molecular formula is C21H23N3O5. The molecule has 0 spiro atoms. The van der Waals surface area contributed by atoms with Crippen LogP contribution in [-0.4, -0.2) is 41.7 Å². The Kier molecular flexibility index (Phi) is 5.50. The molecule has 1 saturated heterocycles. The Morgan fingerprint density at radius 3 is 2.93 bits per heavy atom. The van der Waals surface area contributed by atoms with Gasteiger partial charge in [-0.05, 0) is 43.2 Å². The predicted octanol–water partition coefficient (Wildman–Crippen LogP) is 3.64. The van der Waals surface area contributed by atoms with Crippen molar-refractivity contribution in [2.45, 2.75) is 31.7 Å². The predicted molar refractivity (Wildman–Crippen MR) is 104 cm³/mol. The SMILES string of the molecule is COc1ccc(OC)c(C2CCCN2C(=O)CCc2nc(-c3ccco3)no2)c1. The quantitative estimate of drug-likeness (QED) is 0.601. The molecular weight excluding hydrogens is 374 g/mol. The fourth-order valence-corrected chi connectivity index (χ4v) is 3.71. The molecule has 8 heteroatoms. The molecule has 0 aliphatic carbocycles. The third-order valence-corrected chi connectivity index (χ3v) is 5.13. The molecule has 1 aliphatic heterocycles. The number of hydrogen-bond donors (Lipinski definition) is 0. The maximum absolute atomic E-state index is 12.9. The molecule has 1 fully saturated rings. The number of benzene rings is 1. The van der Waals surface area contributed by atoms with E-state index in [1.165, 1.54) is 0 Å². The Bertz CT molecular complexity index is 967. The maximum Gasteiger partial charge on any atom is 0.238 e. The molecule has 2 aromatic heterocycles. The summed E-state index contributed by atoms with van der Waals surface area (Å²) in [4.78, 5) is 19.1. The zero-order chi connectivity index (χ0) is 20.2. The van der Waals surface area contributed by atoms with Gasteiger partial charge in [0.05, 0.1) is 26.5 Å². The summed E-state index contributed by atoms with van der Waals surface area (Å²) in [5.41, 5.74) is 0.968. The van der Waals surface area contributed by atoms with E-state index in [1.807, 2.05) is 23.1 Å². The molecule has 0 bridgehead atoms. The van der Waals surface area contributed by atoms with E-state index < -0.39 is 0 Å². The second-order valence-electron chi connectivity index (χ2n) is 6.84. The number of aromatic nitrogens is 2. The molecule has 29 heavy (non-hydrogen) atoms. The minimum Gasteiger partial charge on any atom is -0.497 e. The smallest absolute Gasteiger partial charge is 0.238 e. The minimum absolute atomic E-state index is 0.0334. The molecule has 8 nitrogen and oxygen atoms in total. The zero-order valence-corrected chi connectivity index (χ0v) is 16.5. The summed E-state index contributed by atoms with van der Waals surface area (Å²) in [7, 11) is 3.27. The van der Waals surface area contributed by atoms with E-state index in [-0.39, 0.29) is 11.9 Å². The molecule has 1 atom stereocenters. The summed E-state index contributed by atoms with van der Waals surface area (Å²) < 4.78 is 21.4. The molecule has 0 saturated carbocycles. The lowest BCUT2D eigenvalue weighted by molar-refractivity contribution is -0.132. The van der Waals surface area contributed by atoms with Crippen LogP contribution in [0.15, 0.2) is 45.5 Å². The number of likely N-dealkylation sites (tertiary alicyclic amines) is 1. The van der Waals surface area contributed by atoms with Crippen LogP contribution in [0.3, 0.4) is 0 Å². The van der Waals surface area contributed by atoms with Gasteiger partial charge in [0.25, 0.3) is 0 Å². The number of carbonyl (C=O) groups is 1. The molecule has 1 aromatic carbocycles. The van der Waals surface area contributed by atoms with Crippen LogP contribution < -0.4 is 9.47 Å². The highest BCUT2D eigenvalue weighted by Crippen LogP contribution is 2.39. The monoisotopic (exact) mass is 397 g/mol. The van der Waals surface area contributed by atoms with E-state index in [1.54, 1.807) is 32.6 Å². The number of nitrogens with zero attached hydrogens (tertiary/aromatic N) is 3. The highest BCUT2D eigenvalue weighted by molar-refractivity contribution is 5.77. The fourth-order valence-electron chi connectivity index (χ4n) is 3.71. The first-order valence-corrected chi connectivity index (χ1v) is 9.57. The van der Waals surface area contributed by atoms with Crippen LogP contribution in [0, 0.1) is 0 Å². The lowest BCUT2D eigenvalue weighted by atomic mass is 10.0. The highest BCUT2D eigenvalue weighted by Gasteiger charge is 2.32. The van der Waals surface area contributed by atoms with Gasteiger partial charge in [-0.1, -0.05) is 5.16 Å². The van der Waals surface area contributed by atoms with Crippen molar-refractivity contribution in [3.63, 3.8) is 0 Å². The third kappa shape index (κ3) is 3.96. The Labute approximate surface area is 168 Å². The number of rotatable bonds is 7. The van der Waals surface area contributed by atoms with Crippen LogP contribution in [0.25, 0.3) is 11.6 Å². The van der Waals surface area contributed by atoms with E-state index in [0.717, 1.165) is 29.9 Å². The van der Waals surface area contributed by atoms with E-state index in [2.05, 4.69) is 10.1 Å². The van der Waals surface area contributed by atoms with Crippen LogP contribution >= 0.6 is 0 Å². The van der Waals surface area contributed by atoms with Gasteiger partial charge in [0.2, 0.25) is 17.6 Å². The number of hydrogen-bond acceptors (Lipinski definition) is 7. The first-order valence-electron chi connectivity index (χ1n) is 9.57. The first kappa shape index (κ1) is 19.0. The standard InChI is InChI=1S/C21H23N3O5/c1-26-14-7-8-17(27-2)15(13-14)16-5-3-11-24(16)20(25)10-9-19-22-21(23-29-19)18-6-4-12-28-18/h4,6-8,12-13,16H,3,5,9-11H2,1-2H3. The Hall–Kier alpha value is -3.29. The summed E-state index contributed by atoms with van der Waals surface area (Å²) >= 11 is 0. The van der Waals surface area contributed by atoms with Crippen LogP contribution in [0.4, 0.5) is 0 Å². The van der Waals surface area contributed by atoms with Crippen molar-refractivity contribution in [1.82, 2.24) is 15.0 Å². The molecule has 1 unspecified atom stereocenters. The van der Waals surface area contributed by atoms with Gasteiger partial charge >= 0.3 is 0 Å². The van der Waals surface area contributed by atoms with Crippen LogP contribution in [0.2, 0.25) is 0 Å². The molecule has 152 valence electrons. The van der Waals surface area contributed by atoms with Crippen molar-refractivity contribution >= 4 is 5.91 Å². The van der Waals surface area contributed by atoms with Crippen molar-refractivity contribution in [2.24, 2.45) is 0 Å². The van der Waals surface area contributed by atoms with Gasteiger partial charge in [-0.3, -0.25) is 4.79 Å². The van der Waals surface area contributed by atoms with Crippen molar-refractivity contribution in [1.29, 1.82) is 0 Å². The van der Waals surface area contributed by atoms with E-state index in [9.17, 15) is 4.79 Å². The number of furan rings is 1. The number of aryl methyl sites for hydroxylation is 1. The first-order chi connectivity index (χ1) is 14.2. The van der Waals surface area contributed by atoms with Crippen LogP contribution in [0.5, 0.6) is 11.5 Å². The maximum atomic E-state index is 12.9. The average Bonchev–Trinajstić information content (AvgIpc) is 3.52. The van der Waals surface area contributed by atoms with E-state index in [4.69, 9.17) is 18.4 Å². The Balaban J connectivity index is 1.44. The molecule has 1 amide bonds. The van der Waals surface area contributed by atoms with Gasteiger partial charge in [-0.25, -0.2) is 0 Å². The number of carbonyl (C=O) groups excluding carboxylic acids is 1. The van der Waals surface area contributed by atoms with Gasteiger partial charge in [-0.15, -0.1) is 0 Å². The van der Waals surface area contributed by atoms with Crippen molar-refractivity contribution in [3.05, 3.63) is 48.0 Å². The topological polar surface area (TPSA) is 90.8 Å². The number of ether oxygens (including phenoxy) is 2. The fraction of sp³-hybridized carbons (Fsp3) is 0.381. The van der Waals surface area contributed by atoms with Gasteiger partial charge in [-0.2, -0.15) is 4.98 Å². The minimum atomic E-state index is -0.0334. The van der Waals surface area contributed by atoms with Gasteiger partial charge in [0.1, 0.15) is 11.5 Å². The van der Waals surface area contributed by atoms with Gasteiger partial charge in [0, 0.05) is 24.9 Å². The summed E-state index contributed by atoms with van der Waals surface area (Å²) in [6.45, 7) is 0.714. The summed E-state index contributed by atoms with van der Waals surface area (Å²) in [5, 5.41) is 3.90. The lowest BCUT2D eigenvalue weighted by Crippen LogP contribution is -2.31. The van der Waals surface area contributed by atoms with Gasteiger partial charge in [0.15, 0.2) is 5.76 Å². The van der Waals surface area contributed by atoms with Gasteiger partial charge < -0.3 is 23.3 Å². The molecule has 4 rings (SSSR count). The summed E-state index contributed by atoms with van der Waals surface area (Å²) in [5.74, 6) is 2.90. The van der Waals surface area contributed by atoms with Crippen molar-refractivity contribution in [2.75, 3.05) is 20.8 Å². The van der Waals surface area contributed by atoms with Crippen molar-refractivity contribution < 1.29 is 23.2 Å². The molecule has 1 aliphatic rings. The lowest BCUT2D eigenvalue weighted by Gasteiger charge is -2.26. The Morgan fingerprint density at radius 1 is 1.28 bits per heavy atom. The second-order valence-corrected chi connectivity index (χ2v) is 6.84. The molecule has 0 radical (unpaired) electrons. The highest BCUT2D eigenvalue weighted by atomic mass is 16.5. The van der Waals surface area contributed by atoms with Crippen LogP contribution in [0.1, 0.15) is 36.8 Å². The van der Waals surface area contributed by atoms with Crippen LogP contribution in [-0.2, 0) is 11.2 Å². The third-order valence-electron chi connectivity index (χ3n) is 5.13. The second kappa shape index (κ2) is 8.38. The number of amides is 1. The largest absolute Gasteiger partial charge is 0.497 e. The summed E-state index contributed by atoms with van der Waals surface area (Å²) in [6.07, 6.45) is 4.06. The van der Waals surface area contributed by atoms with Crippen molar-refractivity contribution in [3.8, 4) is 23.1 Å². The Morgan fingerprint density at radius 2 is 2.17 bits per heavy atom. The molecule has 0 N–H and O–H groups in total. The average molecular weight is 397 g/mol. The zero-order valence-electron chi connectivity index (χ0n) is 16.5. The molecule has 3 heterocycles. The molecule has 3 aromatic rings. The summed E-state index contributed by atoms with van der Waals surface area (Å²) in [6, 6.07) is 9.17. The van der Waals surface area contributed by atoms with E-state index in [0.29, 0.717) is 36.9 Å².